The van der Waals surface area contributed by atoms with E-state index in [0.29, 0.717) is 10.9 Å². The highest BCUT2D eigenvalue weighted by Crippen LogP contribution is 2.34. The molecule has 5 nitrogen and oxygen atoms in total. The van der Waals surface area contributed by atoms with Gasteiger partial charge in [-0.15, -0.1) is 0 Å². The van der Waals surface area contributed by atoms with Gasteiger partial charge in [0.15, 0.2) is 0 Å². The zero-order valence-corrected chi connectivity index (χ0v) is 11.5. The average molecular weight is 281 g/mol. The molecule has 1 amide bonds. The molecule has 4 N–H and O–H groups in total. The predicted octanol–water partition coefficient (Wildman–Crippen LogP) is 1.87. The Morgan fingerprint density at radius 3 is 2.63 bits per heavy atom. The molecule has 1 unspecified atom stereocenters. The number of hydrogen-bond acceptors (Lipinski definition) is 3. The third-order valence-electron chi connectivity index (χ3n) is 3.96. The van der Waals surface area contributed by atoms with Gasteiger partial charge < -0.3 is 16.2 Å². The summed E-state index contributed by atoms with van der Waals surface area (Å²) < 4.78 is 0. The van der Waals surface area contributed by atoms with E-state index in [1.165, 1.54) is 0 Å². The van der Waals surface area contributed by atoms with E-state index in [-0.39, 0.29) is 6.04 Å². The Labute approximate surface area is 118 Å². The number of carbonyl (C=O) groups is 1. The van der Waals surface area contributed by atoms with E-state index in [2.05, 4.69) is 10.3 Å². The van der Waals surface area contributed by atoms with E-state index in [4.69, 9.17) is 23.1 Å². The van der Waals surface area contributed by atoms with Crippen LogP contribution < -0.4 is 11.1 Å². The Balaban J connectivity index is 1.88. The van der Waals surface area contributed by atoms with Gasteiger partial charge in [-0.3, -0.25) is 4.99 Å². The number of carboxylic acid groups (broad SMARTS) is 1. The molecule has 0 aromatic rings. The SMILES string of the molecule is NC(=S)C1(CC2CCC(NC(=O)O)CC2)C=CC=N1. The summed E-state index contributed by atoms with van der Waals surface area (Å²) >= 11 is 5.14. The van der Waals surface area contributed by atoms with Gasteiger partial charge in [-0.05, 0) is 50.2 Å². The highest BCUT2D eigenvalue weighted by molar-refractivity contribution is 7.80. The molecule has 2 aliphatic rings. The van der Waals surface area contributed by atoms with Crippen molar-refractivity contribution in [2.75, 3.05) is 0 Å². The van der Waals surface area contributed by atoms with Gasteiger partial charge in [0.1, 0.15) is 10.5 Å². The van der Waals surface area contributed by atoms with Crippen LogP contribution in [0.1, 0.15) is 32.1 Å². The van der Waals surface area contributed by atoms with Crippen LogP contribution in [0.2, 0.25) is 0 Å². The van der Waals surface area contributed by atoms with Crippen LogP contribution in [-0.2, 0) is 0 Å². The molecule has 1 fully saturated rings. The molecule has 1 saturated carbocycles. The maximum atomic E-state index is 10.6. The third-order valence-corrected chi connectivity index (χ3v) is 4.32. The minimum Gasteiger partial charge on any atom is -0.465 e. The number of nitrogens with one attached hydrogen (secondary N) is 1. The van der Waals surface area contributed by atoms with Gasteiger partial charge in [-0.2, -0.15) is 0 Å². The summed E-state index contributed by atoms with van der Waals surface area (Å²) in [5.74, 6) is 0.494. The first kappa shape index (κ1) is 14.0. The maximum absolute atomic E-state index is 10.6. The molecule has 104 valence electrons. The molecule has 2 rings (SSSR count). The minimum absolute atomic E-state index is 0.0807. The van der Waals surface area contributed by atoms with E-state index in [0.717, 1.165) is 32.1 Å². The van der Waals surface area contributed by atoms with Crippen LogP contribution >= 0.6 is 12.2 Å². The fourth-order valence-electron chi connectivity index (χ4n) is 2.91. The second-order valence-electron chi connectivity index (χ2n) is 5.30. The normalized spacial score (nSPS) is 33.3. The largest absolute Gasteiger partial charge is 0.465 e. The summed E-state index contributed by atoms with van der Waals surface area (Å²) in [6, 6.07) is 0.0807. The fourth-order valence-corrected chi connectivity index (χ4v) is 3.12. The summed E-state index contributed by atoms with van der Waals surface area (Å²) in [5.41, 5.74) is 5.31. The van der Waals surface area contributed by atoms with Gasteiger partial charge in [0.2, 0.25) is 0 Å². The monoisotopic (exact) mass is 281 g/mol. The lowest BCUT2D eigenvalue weighted by Gasteiger charge is -2.33. The first-order chi connectivity index (χ1) is 9.02. The smallest absolute Gasteiger partial charge is 0.404 e. The number of rotatable bonds is 4. The van der Waals surface area contributed by atoms with Crippen molar-refractivity contribution in [3.05, 3.63) is 12.2 Å². The van der Waals surface area contributed by atoms with Crippen molar-refractivity contribution in [1.29, 1.82) is 0 Å². The summed E-state index contributed by atoms with van der Waals surface area (Å²) in [6.07, 6.45) is 9.21. The molecule has 0 radical (unpaired) electrons. The summed E-state index contributed by atoms with van der Waals surface area (Å²) in [7, 11) is 0. The Morgan fingerprint density at radius 2 is 2.16 bits per heavy atom. The van der Waals surface area contributed by atoms with Gasteiger partial charge >= 0.3 is 6.09 Å². The summed E-state index contributed by atoms with van der Waals surface area (Å²) in [6.45, 7) is 0. The lowest BCUT2D eigenvalue weighted by molar-refractivity contribution is 0.181. The molecule has 0 saturated heterocycles. The molecule has 0 bridgehead atoms. The highest BCUT2D eigenvalue weighted by Gasteiger charge is 2.35. The predicted molar refractivity (Wildman–Crippen MR) is 78.7 cm³/mol. The van der Waals surface area contributed by atoms with E-state index in [1.54, 1.807) is 6.21 Å². The van der Waals surface area contributed by atoms with Crippen LogP contribution in [-0.4, -0.2) is 34.0 Å². The van der Waals surface area contributed by atoms with Crippen molar-refractivity contribution < 1.29 is 9.90 Å². The zero-order valence-electron chi connectivity index (χ0n) is 10.7. The molecule has 0 spiro atoms. The lowest BCUT2D eigenvalue weighted by Crippen LogP contribution is -2.42. The van der Waals surface area contributed by atoms with Crippen LogP contribution in [0.5, 0.6) is 0 Å². The second kappa shape index (κ2) is 5.69. The second-order valence-corrected chi connectivity index (χ2v) is 5.74. The standard InChI is InChI=1S/C13H19N3O2S/c14-11(19)13(6-1-7-15-13)8-9-2-4-10(5-3-9)16-12(17)18/h1,6-7,9-10,16H,2-5,8H2,(H2,14,19)(H,17,18). The molecule has 1 aliphatic carbocycles. The van der Waals surface area contributed by atoms with Gasteiger partial charge in [0.05, 0.1) is 0 Å². The number of thiocarbonyl (C=S) groups is 1. The molecular formula is C13H19N3O2S. The number of nitrogens with zero attached hydrogens (tertiary/aromatic N) is 1. The molecule has 0 aromatic carbocycles. The Bertz CT molecular complexity index is 414. The minimum atomic E-state index is -0.939. The molecular weight excluding hydrogens is 262 g/mol. The molecule has 19 heavy (non-hydrogen) atoms. The topological polar surface area (TPSA) is 87.7 Å². The summed E-state index contributed by atoms with van der Waals surface area (Å²) in [5, 5.41) is 11.3. The van der Waals surface area contributed by atoms with Gasteiger partial charge in [0.25, 0.3) is 0 Å². The lowest BCUT2D eigenvalue weighted by atomic mass is 9.78. The number of amides is 1. The average Bonchev–Trinajstić information content (AvgIpc) is 2.81. The number of hydrogen-bond donors (Lipinski definition) is 3. The Kier molecular flexibility index (Phi) is 4.19. The molecule has 1 atom stereocenters. The van der Waals surface area contributed by atoms with Crippen LogP contribution in [0.3, 0.4) is 0 Å². The van der Waals surface area contributed by atoms with Crippen LogP contribution in [0.4, 0.5) is 4.79 Å². The van der Waals surface area contributed by atoms with Crippen molar-refractivity contribution in [2.45, 2.75) is 43.7 Å². The van der Waals surface area contributed by atoms with Crippen molar-refractivity contribution in [1.82, 2.24) is 5.32 Å². The Morgan fingerprint density at radius 1 is 1.47 bits per heavy atom. The van der Waals surface area contributed by atoms with E-state index in [1.807, 2.05) is 12.2 Å². The highest BCUT2D eigenvalue weighted by atomic mass is 32.1. The molecule has 0 aromatic heterocycles. The third kappa shape index (κ3) is 3.32. The van der Waals surface area contributed by atoms with Crippen LogP contribution in [0.25, 0.3) is 0 Å². The van der Waals surface area contributed by atoms with Crippen molar-refractivity contribution in [2.24, 2.45) is 16.6 Å². The maximum Gasteiger partial charge on any atom is 0.404 e. The van der Waals surface area contributed by atoms with E-state index in [9.17, 15) is 4.79 Å². The van der Waals surface area contributed by atoms with Crippen LogP contribution in [0, 0.1) is 5.92 Å². The fraction of sp³-hybridized carbons (Fsp3) is 0.615. The molecule has 6 heteroatoms. The first-order valence-corrected chi connectivity index (χ1v) is 6.95. The Hall–Kier alpha value is -1.43. The molecule has 1 aliphatic heterocycles. The van der Waals surface area contributed by atoms with Crippen molar-refractivity contribution in [3.8, 4) is 0 Å². The van der Waals surface area contributed by atoms with Gasteiger partial charge in [0, 0.05) is 12.3 Å². The number of nitrogens with two attached hydrogens (primary N) is 1. The number of allylic oxidation sites excluding steroid dienone is 1. The quantitative estimate of drug-likeness (QED) is 0.686. The van der Waals surface area contributed by atoms with E-state index < -0.39 is 11.6 Å². The van der Waals surface area contributed by atoms with Gasteiger partial charge in [-0.25, -0.2) is 4.79 Å². The number of aliphatic imine (C=N–C) groups is 1. The van der Waals surface area contributed by atoms with Crippen molar-refractivity contribution >= 4 is 29.5 Å². The molecule has 1 heterocycles. The van der Waals surface area contributed by atoms with Crippen LogP contribution in [0.15, 0.2) is 17.1 Å². The summed E-state index contributed by atoms with van der Waals surface area (Å²) in [4.78, 5) is 15.4. The van der Waals surface area contributed by atoms with Gasteiger partial charge in [-0.1, -0.05) is 12.2 Å². The zero-order chi connectivity index (χ0) is 13.9. The first-order valence-electron chi connectivity index (χ1n) is 6.54. The van der Waals surface area contributed by atoms with E-state index >= 15 is 0 Å². The van der Waals surface area contributed by atoms with Crippen molar-refractivity contribution in [3.63, 3.8) is 0 Å².